The first kappa shape index (κ1) is 28.7. The van der Waals surface area contributed by atoms with Crippen molar-refractivity contribution in [2.45, 2.75) is 0 Å². The van der Waals surface area contributed by atoms with E-state index in [9.17, 15) is 0 Å². The molecule has 9 aromatic rings. The summed E-state index contributed by atoms with van der Waals surface area (Å²) in [5.74, 6) is 0. The summed E-state index contributed by atoms with van der Waals surface area (Å²) >= 11 is 1.80. The maximum Gasteiger partial charge on any atom is 0.125 e. The molecule has 50 heavy (non-hydrogen) atoms. The van der Waals surface area contributed by atoms with Crippen molar-refractivity contribution in [2.75, 3.05) is 4.90 Å². The number of benzene rings is 8. The van der Waals surface area contributed by atoms with Gasteiger partial charge >= 0.3 is 0 Å². The van der Waals surface area contributed by atoms with Gasteiger partial charge in [0.25, 0.3) is 0 Å². The second-order valence-electron chi connectivity index (χ2n) is 12.7. The SMILES string of the molecule is c1ccc(-c2ccc(N(c3ccccc3)c3ccc(-c4nc5c(s4)-c4cccc6c4c-5cc4ccccc46)c(-c4ccccc4)c3)cc2)cc1. The normalized spacial score (nSPS) is 11.6. The molecule has 3 heteroatoms. The topological polar surface area (TPSA) is 16.1 Å². The van der Waals surface area contributed by atoms with E-state index in [4.69, 9.17) is 4.98 Å². The van der Waals surface area contributed by atoms with Crippen molar-refractivity contribution >= 4 is 49.9 Å². The highest BCUT2D eigenvalue weighted by Gasteiger charge is 2.28. The molecule has 1 aliphatic carbocycles. The van der Waals surface area contributed by atoms with E-state index in [-0.39, 0.29) is 0 Å². The zero-order valence-electron chi connectivity index (χ0n) is 27.1. The lowest BCUT2D eigenvalue weighted by atomic mass is 9.97. The van der Waals surface area contributed by atoms with E-state index in [1.165, 1.54) is 54.2 Å². The molecule has 0 fully saturated rings. The Hall–Kier alpha value is -6.29. The second kappa shape index (κ2) is 11.7. The van der Waals surface area contributed by atoms with Gasteiger partial charge in [0.15, 0.2) is 0 Å². The summed E-state index contributed by atoms with van der Waals surface area (Å²) in [6.45, 7) is 0. The van der Waals surface area contributed by atoms with Gasteiger partial charge in [-0.2, -0.15) is 0 Å². The molecule has 0 aliphatic heterocycles. The first-order chi connectivity index (χ1) is 24.8. The molecule has 0 bridgehead atoms. The summed E-state index contributed by atoms with van der Waals surface area (Å²) in [5.41, 5.74) is 12.8. The molecule has 0 unspecified atom stereocenters. The Morgan fingerprint density at radius 1 is 0.400 bits per heavy atom. The van der Waals surface area contributed by atoms with Crippen LogP contribution in [0, 0.1) is 0 Å². The first-order valence-electron chi connectivity index (χ1n) is 17.0. The van der Waals surface area contributed by atoms with Gasteiger partial charge in [0, 0.05) is 39.1 Å². The fraction of sp³-hybridized carbons (Fsp3) is 0. The van der Waals surface area contributed by atoms with Crippen LogP contribution >= 0.6 is 11.3 Å². The average molecular weight is 655 g/mol. The standard InChI is InChI=1S/C47H30N2S/c1-4-13-31(14-5-1)32-23-25-36(26-24-32)49(35-18-8-3-9-19-35)37-27-28-40(42(30-37)33-15-6-2-7-16-33)47-48-45-43-29-34-17-10-11-20-38(34)39-21-12-22-41(44(39)43)46(45)50-47/h1-30H. The van der Waals surface area contributed by atoms with Crippen molar-refractivity contribution < 1.29 is 0 Å². The maximum atomic E-state index is 5.43. The monoisotopic (exact) mass is 654 g/mol. The highest BCUT2D eigenvalue weighted by molar-refractivity contribution is 7.19. The van der Waals surface area contributed by atoms with Gasteiger partial charge in [-0.15, -0.1) is 11.3 Å². The van der Waals surface area contributed by atoms with Crippen LogP contribution in [0.1, 0.15) is 0 Å². The molecule has 2 nitrogen and oxygen atoms in total. The lowest BCUT2D eigenvalue weighted by Gasteiger charge is -2.27. The van der Waals surface area contributed by atoms with E-state index in [0.717, 1.165) is 38.9 Å². The van der Waals surface area contributed by atoms with Gasteiger partial charge in [-0.1, -0.05) is 133 Å². The molecule has 1 heterocycles. The summed E-state index contributed by atoms with van der Waals surface area (Å²) in [5, 5.41) is 6.20. The van der Waals surface area contributed by atoms with Gasteiger partial charge in [0.05, 0.1) is 10.6 Å². The largest absolute Gasteiger partial charge is 0.310 e. The van der Waals surface area contributed by atoms with Crippen molar-refractivity contribution in [3.8, 4) is 54.5 Å². The van der Waals surface area contributed by atoms with E-state index in [1.807, 2.05) is 0 Å². The zero-order valence-corrected chi connectivity index (χ0v) is 27.9. The van der Waals surface area contributed by atoms with Crippen LogP contribution in [0.2, 0.25) is 0 Å². The third kappa shape index (κ3) is 4.67. The van der Waals surface area contributed by atoms with Crippen LogP contribution in [0.4, 0.5) is 17.1 Å². The van der Waals surface area contributed by atoms with E-state index < -0.39 is 0 Å². The molecule has 0 saturated carbocycles. The molecular formula is C47H30N2S. The average Bonchev–Trinajstić information content (AvgIpc) is 3.75. The quantitative estimate of drug-likeness (QED) is 0.166. The number of aromatic nitrogens is 1. The summed E-state index contributed by atoms with van der Waals surface area (Å²) in [7, 11) is 0. The Kier molecular flexibility index (Phi) is 6.71. The number of hydrogen-bond donors (Lipinski definition) is 0. The molecule has 0 amide bonds. The van der Waals surface area contributed by atoms with Crippen molar-refractivity contribution in [1.29, 1.82) is 0 Å². The Labute approximate surface area is 295 Å². The highest BCUT2D eigenvalue weighted by Crippen LogP contribution is 2.53. The minimum Gasteiger partial charge on any atom is -0.310 e. The maximum absolute atomic E-state index is 5.43. The van der Waals surface area contributed by atoms with Crippen molar-refractivity contribution in [3.05, 3.63) is 182 Å². The molecule has 0 saturated heterocycles. The number of hydrogen-bond acceptors (Lipinski definition) is 3. The van der Waals surface area contributed by atoms with Gasteiger partial charge in [0.1, 0.15) is 5.01 Å². The summed E-state index contributed by atoms with van der Waals surface area (Å²) < 4.78 is 0. The minimum absolute atomic E-state index is 1.04. The fourth-order valence-corrected chi connectivity index (χ4v) is 8.66. The summed E-state index contributed by atoms with van der Waals surface area (Å²) in [4.78, 5) is 9.02. The van der Waals surface area contributed by atoms with Crippen LogP contribution in [0.25, 0.3) is 76.1 Å². The van der Waals surface area contributed by atoms with Gasteiger partial charge in [0.2, 0.25) is 0 Å². The first-order valence-corrected chi connectivity index (χ1v) is 17.8. The van der Waals surface area contributed by atoms with Gasteiger partial charge < -0.3 is 4.90 Å². The smallest absolute Gasteiger partial charge is 0.125 e. The molecule has 0 atom stereocenters. The third-order valence-electron chi connectivity index (χ3n) is 9.84. The predicted molar refractivity (Wildman–Crippen MR) is 213 cm³/mol. The lowest BCUT2D eigenvalue weighted by Crippen LogP contribution is -2.10. The van der Waals surface area contributed by atoms with Gasteiger partial charge in [-0.3, -0.25) is 0 Å². The van der Waals surface area contributed by atoms with E-state index in [1.54, 1.807) is 11.3 Å². The summed E-state index contributed by atoms with van der Waals surface area (Å²) in [6, 6.07) is 65.3. The number of fused-ring (bicyclic) bond motifs is 5. The number of rotatable bonds is 6. The molecule has 10 rings (SSSR count). The molecule has 1 aromatic heterocycles. The number of para-hydroxylation sites is 1. The van der Waals surface area contributed by atoms with Crippen molar-refractivity contribution in [3.63, 3.8) is 0 Å². The molecule has 8 aromatic carbocycles. The number of anilines is 3. The predicted octanol–water partition coefficient (Wildman–Crippen LogP) is 13.6. The van der Waals surface area contributed by atoms with Crippen LogP contribution in [-0.4, -0.2) is 4.98 Å². The van der Waals surface area contributed by atoms with E-state index in [2.05, 4.69) is 187 Å². The van der Waals surface area contributed by atoms with Gasteiger partial charge in [-0.25, -0.2) is 4.98 Å². The minimum atomic E-state index is 1.04. The molecule has 0 N–H and O–H groups in total. The van der Waals surface area contributed by atoms with Crippen LogP contribution in [0.5, 0.6) is 0 Å². The third-order valence-corrected chi connectivity index (χ3v) is 11.0. The van der Waals surface area contributed by atoms with Crippen LogP contribution in [-0.2, 0) is 0 Å². The van der Waals surface area contributed by atoms with Crippen LogP contribution < -0.4 is 4.90 Å². The van der Waals surface area contributed by atoms with Crippen LogP contribution in [0.3, 0.4) is 0 Å². The highest BCUT2D eigenvalue weighted by atomic mass is 32.1. The second-order valence-corrected chi connectivity index (χ2v) is 13.7. The lowest BCUT2D eigenvalue weighted by molar-refractivity contribution is 1.28. The Balaban J connectivity index is 1.12. The Morgan fingerprint density at radius 3 is 1.80 bits per heavy atom. The molecule has 0 spiro atoms. The molecule has 234 valence electrons. The fourth-order valence-electron chi connectivity index (χ4n) is 7.51. The summed E-state index contributed by atoms with van der Waals surface area (Å²) in [6.07, 6.45) is 0. The van der Waals surface area contributed by atoms with Gasteiger partial charge in [-0.05, 0) is 86.9 Å². The van der Waals surface area contributed by atoms with Crippen LogP contribution in [0.15, 0.2) is 182 Å². The zero-order chi connectivity index (χ0) is 33.0. The Morgan fingerprint density at radius 2 is 1.02 bits per heavy atom. The molecule has 0 radical (unpaired) electrons. The van der Waals surface area contributed by atoms with Crippen molar-refractivity contribution in [2.24, 2.45) is 0 Å². The van der Waals surface area contributed by atoms with Crippen molar-refractivity contribution in [1.82, 2.24) is 4.98 Å². The number of thiazole rings is 1. The molecular weight excluding hydrogens is 625 g/mol. The number of nitrogens with zero attached hydrogens (tertiary/aromatic N) is 2. The molecule has 1 aliphatic rings. The Bertz CT molecular complexity index is 2680. The van der Waals surface area contributed by atoms with E-state index >= 15 is 0 Å². The van der Waals surface area contributed by atoms with E-state index in [0.29, 0.717) is 0 Å².